The Morgan fingerprint density at radius 1 is 1.73 bits per heavy atom. The van der Waals surface area contributed by atoms with Gasteiger partial charge in [0.1, 0.15) is 6.04 Å². The van der Waals surface area contributed by atoms with Gasteiger partial charge in [-0.05, 0) is 13.0 Å². The second-order valence-electron chi connectivity index (χ2n) is 3.36. The van der Waals surface area contributed by atoms with Crippen molar-refractivity contribution in [3.63, 3.8) is 0 Å². The van der Waals surface area contributed by atoms with Crippen LogP contribution in [0, 0.1) is 0 Å². The molecule has 1 aromatic heterocycles. The summed E-state index contributed by atoms with van der Waals surface area (Å²) in [7, 11) is 3.21. The second-order valence-corrected chi connectivity index (χ2v) is 3.36. The molecule has 1 aromatic rings. The Balaban J connectivity index is 2.76. The molecule has 0 bridgehead atoms. The quantitative estimate of drug-likeness (QED) is 0.726. The summed E-state index contributed by atoms with van der Waals surface area (Å²) in [4.78, 5) is 11.5. The van der Waals surface area contributed by atoms with E-state index in [4.69, 9.17) is 4.74 Å². The van der Waals surface area contributed by atoms with E-state index in [0.717, 1.165) is 18.5 Å². The number of carbonyl (C=O) groups excluding carboxylic acids is 1. The zero-order chi connectivity index (χ0) is 11.3. The molecule has 0 fully saturated rings. The summed E-state index contributed by atoms with van der Waals surface area (Å²) >= 11 is 0. The van der Waals surface area contributed by atoms with E-state index in [0.29, 0.717) is 0 Å². The summed E-state index contributed by atoms with van der Waals surface area (Å²) < 4.78 is 6.40. The maximum Gasteiger partial charge on any atom is 0.327 e. The molecule has 84 valence electrons. The highest BCUT2D eigenvalue weighted by Crippen LogP contribution is 2.13. The van der Waals surface area contributed by atoms with Crippen LogP contribution in [0.3, 0.4) is 0 Å². The Kier molecular flexibility index (Phi) is 4.30. The minimum Gasteiger partial charge on any atom is -0.468 e. The lowest BCUT2D eigenvalue weighted by atomic mass is 10.1. The third-order valence-corrected chi connectivity index (χ3v) is 2.09. The van der Waals surface area contributed by atoms with Crippen LogP contribution in [0.4, 0.5) is 0 Å². The topological polar surface area (TPSA) is 56.1 Å². The van der Waals surface area contributed by atoms with E-state index < -0.39 is 6.04 Å². The van der Waals surface area contributed by atoms with Crippen LogP contribution in [0.5, 0.6) is 0 Å². The molecule has 1 atom stereocenters. The number of rotatable bonds is 5. The fourth-order valence-corrected chi connectivity index (χ4v) is 1.33. The monoisotopic (exact) mass is 211 g/mol. The minimum atomic E-state index is -0.413. The van der Waals surface area contributed by atoms with Gasteiger partial charge in [-0.25, -0.2) is 4.79 Å². The average Bonchev–Trinajstić information content (AvgIpc) is 2.65. The molecule has 15 heavy (non-hydrogen) atoms. The van der Waals surface area contributed by atoms with Gasteiger partial charge >= 0.3 is 5.97 Å². The third kappa shape index (κ3) is 3.06. The molecule has 0 amide bonds. The fraction of sp³-hybridized carbons (Fsp3) is 0.600. The standard InChI is InChI=1S/C10H17N3O2/c1-4-5-11-9(10(14)15-3)8-6-12-13(2)7-8/h6-7,9,11H,4-5H2,1-3H3. The number of esters is 1. The van der Waals surface area contributed by atoms with E-state index in [-0.39, 0.29) is 5.97 Å². The zero-order valence-electron chi connectivity index (χ0n) is 9.36. The summed E-state index contributed by atoms with van der Waals surface area (Å²) in [6.07, 6.45) is 4.45. The number of hydrogen-bond acceptors (Lipinski definition) is 4. The number of methoxy groups -OCH3 is 1. The first kappa shape index (κ1) is 11.7. The largest absolute Gasteiger partial charge is 0.468 e. The molecule has 0 saturated heterocycles. The first-order valence-electron chi connectivity index (χ1n) is 4.98. The lowest BCUT2D eigenvalue weighted by Gasteiger charge is -2.13. The molecule has 5 nitrogen and oxygen atoms in total. The van der Waals surface area contributed by atoms with Gasteiger partial charge in [-0.15, -0.1) is 0 Å². The Bertz CT molecular complexity index is 322. The van der Waals surface area contributed by atoms with Gasteiger partial charge in [0.15, 0.2) is 0 Å². The Morgan fingerprint density at radius 2 is 2.47 bits per heavy atom. The number of carbonyl (C=O) groups is 1. The molecular formula is C10H17N3O2. The van der Waals surface area contributed by atoms with Gasteiger partial charge in [0.05, 0.1) is 13.3 Å². The van der Waals surface area contributed by atoms with Crippen LogP contribution in [0.25, 0.3) is 0 Å². The van der Waals surface area contributed by atoms with Gasteiger partial charge in [0.2, 0.25) is 0 Å². The number of ether oxygens (including phenoxy) is 1. The molecule has 0 saturated carbocycles. The van der Waals surface area contributed by atoms with E-state index >= 15 is 0 Å². The van der Waals surface area contributed by atoms with Gasteiger partial charge in [-0.3, -0.25) is 4.68 Å². The van der Waals surface area contributed by atoms with Crippen molar-refractivity contribution in [1.82, 2.24) is 15.1 Å². The van der Waals surface area contributed by atoms with E-state index in [1.165, 1.54) is 7.11 Å². The summed E-state index contributed by atoms with van der Waals surface area (Å²) in [6.45, 7) is 2.82. The van der Waals surface area contributed by atoms with Gasteiger partial charge < -0.3 is 10.1 Å². The molecule has 1 heterocycles. The van der Waals surface area contributed by atoms with Crippen LogP contribution in [0.1, 0.15) is 24.9 Å². The van der Waals surface area contributed by atoms with E-state index in [9.17, 15) is 4.79 Å². The van der Waals surface area contributed by atoms with E-state index in [2.05, 4.69) is 10.4 Å². The van der Waals surface area contributed by atoms with Crippen molar-refractivity contribution in [2.24, 2.45) is 7.05 Å². The van der Waals surface area contributed by atoms with Crippen molar-refractivity contribution in [3.8, 4) is 0 Å². The van der Waals surface area contributed by atoms with Crippen molar-refractivity contribution in [2.45, 2.75) is 19.4 Å². The van der Waals surface area contributed by atoms with Crippen molar-refractivity contribution in [1.29, 1.82) is 0 Å². The number of aryl methyl sites for hydroxylation is 1. The number of hydrogen-bond donors (Lipinski definition) is 1. The van der Waals surface area contributed by atoms with Gasteiger partial charge in [-0.1, -0.05) is 6.92 Å². The lowest BCUT2D eigenvalue weighted by Crippen LogP contribution is -2.29. The molecule has 0 spiro atoms. The number of nitrogens with one attached hydrogen (secondary N) is 1. The Labute approximate surface area is 89.4 Å². The molecular weight excluding hydrogens is 194 g/mol. The van der Waals surface area contributed by atoms with Crippen LogP contribution >= 0.6 is 0 Å². The molecule has 1 unspecified atom stereocenters. The van der Waals surface area contributed by atoms with Gasteiger partial charge in [0, 0.05) is 18.8 Å². The minimum absolute atomic E-state index is 0.281. The Hall–Kier alpha value is -1.36. The maximum absolute atomic E-state index is 11.5. The van der Waals surface area contributed by atoms with Gasteiger partial charge in [-0.2, -0.15) is 5.10 Å². The summed E-state index contributed by atoms with van der Waals surface area (Å²) in [5, 5.41) is 7.15. The van der Waals surface area contributed by atoms with Crippen molar-refractivity contribution >= 4 is 5.97 Å². The first-order valence-corrected chi connectivity index (χ1v) is 4.98. The maximum atomic E-state index is 11.5. The zero-order valence-corrected chi connectivity index (χ0v) is 9.36. The molecule has 0 radical (unpaired) electrons. The fourth-order valence-electron chi connectivity index (χ4n) is 1.33. The van der Waals surface area contributed by atoms with Crippen LogP contribution < -0.4 is 5.32 Å². The molecule has 0 aliphatic heterocycles. The summed E-state index contributed by atoms with van der Waals surface area (Å²) in [6, 6.07) is -0.413. The van der Waals surface area contributed by atoms with Crippen LogP contribution in [-0.2, 0) is 16.6 Å². The van der Waals surface area contributed by atoms with E-state index in [1.54, 1.807) is 10.9 Å². The van der Waals surface area contributed by atoms with Crippen molar-refractivity contribution < 1.29 is 9.53 Å². The summed E-state index contributed by atoms with van der Waals surface area (Å²) in [5.41, 5.74) is 0.831. The molecule has 1 rings (SSSR count). The predicted octanol–water partition coefficient (Wildman–Crippen LogP) is 0.634. The highest BCUT2D eigenvalue weighted by Gasteiger charge is 2.21. The van der Waals surface area contributed by atoms with Crippen molar-refractivity contribution in [2.75, 3.05) is 13.7 Å². The van der Waals surface area contributed by atoms with Crippen LogP contribution in [0.15, 0.2) is 12.4 Å². The normalized spacial score (nSPS) is 12.5. The highest BCUT2D eigenvalue weighted by atomic mass is 16.5. The lowest BCUT2D eigenvalue weighted by molar-refractivity contribution is -0.143. The third-order valence-electron chi connectivity index (χ3n) is 2.09. The molecule has 0 aliphatic carbocycles. The molecule has 0 aliphatic rings. The van der Waals surface area contributed by atoms with Gasteiger partial charge in [0.25, 0.3) is 0 Å². The Morgan fingerprint density at radius 3 is 2.93 bits per heavy atom. The number of nitrogens with zero attached hydrogens (tertiary/aromatic N) is 2. The highest BCUT2D eigenvalue weighted by molar-refractivity contribution is 5.77. The van der Waals surface area contributed by atoms with Crippen molar-refractivity contribution in [3.05, 3.63) is 18.0 Å². The predicted molar refractivity (Wildman–Crippen MR) is 56.3 cm³/mol. The molecule has 5 heteroatoms. The SMILES string of the molecule is CCCNC(C(=O)OC)c1cnn(C)c1. The second kappa shape index (κ2) is 5.50. The molecule has 1 N–H and O–H groups in total. The smallest absolute Gasteiger partial charge is 0.327 e. The average molecular weight is 211 g/mol. The van der Waals surface area contributed by atoms with E-state index in [1.807, 2.05) is 20.2 Å². The molecule has 0 aromatic carbocycles. The van der Waals surface area contributed by atoms with Crippen LogP contribution in [-0.4, -0.2) is 29.4 Å². The first-order chi connectivity index (χ1) is 7.19. The summed E-state index contributed by atoms with van der Waals surface area (Å²) in [5.74, 6) is -0.281. The number of aromatic nitrogens is 2. The van der Waals surface area contributed by atoms with Crippen LogP contribution in [0.2, 0.25) is 0 Å².